The maximum absolute atomic E-state index is 12.5. The maximum Gasteiger partial charge on any atom is 0.228 e. The van der Waals surface area contributed by atoms with Gasteiger partial charge in [0.1, 0.15) is 0 Å². The molecule has 0 unspecified atom stereocenters. The van der Waals surface area contributed by atoms with Gasteiger partial charge in [-0.05, 0) is 24.1 Å². The molecule has 0 aromatic heterocycles. The average Bonchev–Trinajstić information content (AvgIpc) is 2.82. The smallest absolute Gasteiger partial charge is 0.228 e. The number of amides is 1. The summed E-state index contributed by atoms with van der Waals surface area (Å²) >= 11 is 0. The molecule has 0 radical (unpaired) electrons. The SMILES string of the molecule is Cc1ccc(C(=O)c2ccccc2)c2c1CC(=O)N2. The van der Waals surface area contributed by atoms with E-state index in [0.29, 0.717) is 23.2 Å². The Bertz CT molecular complexity index is 675. The highest BCUT2D eigenvalue weighted by Crippen LogP contribution is 2.31. The van der Waals surface area contributed by atoms with E-state index in [4.69, 9.17) is 0 Å². The van der Waals surface area contributed by atoms with Gasteiger partial charge in [-0.1, -0.05) is 36.4 Å². The summed E-state index contributed by atoms with van der Waals surface area (Å²) in [4.78, 5) is 24.0. The average molecular weight is 251 g/mol. The zero-order valence-electron chi connectivity index (χ0n) is 10.6. The van der Waals surface area contributed by atoms with E-state index in [-0.39, 0.29) is 11.7 Å². The van der Waals surface area contributed by atoms with Crippen LogP contribution in [0.3, 0.4) is 0 Å². The van der Waals surface area contributed by atoms with Crippen LogP contribution in [0.25, 0.3) is 0 Å². The lowest BCUT2D eigenvalue weighted by atomic mass is 9.96. The number of carbonyl (C=O) groups excluding carboxylic acids is 2. The fourth-order valence-electron chi connectivity index (χ4n) is 2.40. The molecule has 0 saturated carbocycles. The monoisotopic (exact) mass is 251 g/mol. The van der Waals surface area contributed by atoms with Crippen LogP contribution in [-0.2, 0) is 11.2 Å². The van der Waals surface area contributed by atoms with Crippen LogP contribution >= 0.6 is 0 Å². The minimum Gasteiger partial charge on any atom is -0.325 e. The Morgan fingerprint density at radius 1 is 1.11 bits per heavy atom. The summed E-state index contributed by atoms with van der Waals surface area (Å²) in [5, 5.41) is 2.80. The van der Waals surface area contributed by atoms with Gasteiger partial charge in [-0.2, -0.15) is 0 Å². The van der Waals surface area contributed by atoms with E-state index in [1.54, 1.807) is 18.2 Å². The first-order chi connectivity index (χ1) is 9.16. The predicted octanol–water partition coefficient (Wildman–Crippen LogP) is 2.72. The molecule has 94 valence electrons. The van der Waals surface area contributed by atoms with Gasteiger partial charge in [-0.15, -0.1) is 0 Å². The minimum absolute atomic E-state index is 0.0496. The number of anilines is 1. The topological polar surface area (TPSA) is 46.2 Å². The third kappa shape index (κ3) is 1.93. The molecule has 2 aromatic rings. The van der Waals surface area contributed by atoms with E-state index >= 15 is 0 Å². The molecule has 1 aliphatic heterocycles. The van der Waals surface area contributed by atoms with Gasteiger partial charge in [0, 0.05) is 11.1 Å². The summed E-state index contributed by atoms with van der Waals surface area (Å²) in [6.45, 7) is 1.95. The van der Waals surface area contributed by atoms with Crippen molar-refractivity contribution in [2.45, 2.75) is 13.3 Å². The van der Waals surface area contributed by atoms with Crippen LogP contribution in [0.4, 0.5) is 5.69 Å². The zero-order valence-corrected chi connectivity index (χ0v) is 10.6. The van der Waals surface area contributed by atoms with Gasteiger partial charge < -0.3 is 5.32 Å². The molecule has 1 heterocycles. The molecule has 0 bridgehead atoms. The summed E-state index contributed by atoms with van der Waals surface area (Å²) in [6.07, 6.45) is 0.358. The number of aryl methyl sites for hydroxylation is 1. The van der Waals surface area contributed by atoms with E-state index in [1.165, 1.54) is 0 Å². The summed E-state index contributed by atoms with van der Waals surface area (Å²) in [7, 11) is 0. The van der Waals surface area contributed by atoms with Crippen LogP contribution in [0.1, 0.15) is 27.0 Å². The highest BCUT2D eigenvalue weighted by molar-refractivity contribution is 6.16. The first kappa shape index (κ1) is 11.7. The maximum atomic E-state index is 12.5. The molecule has 1 aliphatic rings. The van der Waals surface area contributed by atoms with Gasteiger partial charge in [-0.3, -0.25) is 9.59 Å². The molecule has 2 aromatic carbocycles. The Labute approximate surface area is 111 Å². The molecule has 0 spiro atoms. The van der Waals surface area contributed by atoms with Crippen molar-refractivity contribution in [3.8, 4) is 0 Å². The molecule has 0 aliphatic carbocycles. The van der Waals surface area contributed by atoms with Gasteiger partial charge in [0.15, 0.2) is 5.78 Å². The highest BCUT2D eigenvalue weighted by Gasteiger charge is 2.25. The second-order valence-corrected chi connectivity index (χ2v) is 4.70. The van der Waals surface area contributed by atoms with Gasteiger partial charge in [0.25, 0.3) is 0 Å². The van der Waals surface area contributed by atoms with Crippen LogP contribution in [0.15, 0.2) is 42.5 Å². The molecule has 1 N–H and O–H groups in total. The number of nitrogens with one attached hydrogen (secondary N) is 1. The van der Waals surface area contributed by atoms with Crippen LogP contribution < -0.4 is 5.32 Å². The molecule has 3 heteroatoms. The standard InChI is InChI=1S/C16H13NO2/c1-10-7-8-12(15-13(10)9-14(18)17-15)16(19)11-5-3-2-4-6-11/h2-8H,9H2,1H3,(H,17,18). The summed E-state index contributed by atoms with van der Waals surface area (Å²) in [5.41, 5.74) is 3.86. The third-order valence-corrected chi connectivity index (χ3v) is 3.43. The Kier molecular flexibility index (Phi) is 2.67. The van der Waals surface area contributed by atoms with Crippen LogP contribution in [0.5, 0.6) is 0 Å². The van der Waals surface area contributed by atoms with E-state index in [9.17, 15) is 9.59 Å². The molecule has 1 amide bonds. The van der Waals surface area contributed by atoms with Crippen molar-refractivity contribution in [2.75, 3.05) is 5.32 Å². The van der Waals surface area contributed by atoms with Crippen molar-refractivity contribution in [1.82, 2.24) is 0 Å². The predicted molar refractivity (Wildman–Crippen MR) is 73.4 cm³/mol. The van der Waals surface area contributed by atoms with Crippen molar-refractivity contribution in [2.24, 2.45) is 0 Å². The number of hydrogen-bond acceptors (Lipinski definition) is 2. The summed E-state index contributed by atoms with van der Waals surface area (Å²) in [6, 6.07) is 12.8. The van der Waals surface area contributed by atoms with Crippen LogP contribution in [0, 0.1) is 6.92 Å². The number of fused-ring (bicyclic) bond motifs is 1. The van der Waals surface area contributed by atoms with Gasteiger partial charge in [0.05, 0.1) is 12.1 Å². The molecule has 0 atom stereocenters. The fourth-order valence-corrected chi connectivity index (χ4v) is 2.40. The van der Waals surface area contributed by atoms with Gasteiger partial charge >= 0.3 is 0 Å². The Hall–Kier alpha value is -2.42. The number of rotatable bonds is 2. The van der Waals surface area contributed by atoms with Crippen LogP contribution in [0.2, 0.25) is 0 Å². The fraction of sp³-hybridized carbons (Fsp3) is 0.125. The Morgan fingerprint density at radius 3 is 2.58 bits per heavy atom. The highest BCUT2D eigenvalue weighted by atomic mass is 16.2. The molecule has 3 nitrogen and oxygen atoms in total. The molecule has 0 saturated heterocycles. The van der Waals surface area contributed by atoms with Gasteiger partial charge in [0.2, 0.25) is 5.91 Å². The lowest BCUT2D eigenvalue weighted by molar-refractivity contribution is -0.115. The lowest BCUT2D eigenvalue weighted by Crippen LogP contribution is -2.08. The van der Waals surface area contributed by atoms with Gasteiger partial charge in [-0.25, -0.2) is 0 Å². The summed E-state index contributed by atoms with van der Waals surface area (Å²) < 4.78 is 0. The van der Waals surface area contributed by atoms with E-state index < -0.39 is 0 Å². The number of benzene rings is 2. The number of carbonyl (C=O) groups is 2. The van der Waals surface area contributed by atoms with Crippen LogP contribution in [-0.4, -0.2) is 11.7 Å². The zero-order chi connectivity index (χ0) is 13.4. The molecule has 19 heavy (non-hydrogen) atoms. The van der Waals surface area contributed by atoms with E-state index in [0.717, 1.165) is 11.1 Å². The largest absolute Gasteiger partial charge is 0.325 e. The number of ketones is 1. The molecule has 0 fully saturated rings. The van der Waals surface area contributed by atoms with E-state index in [2.05, 4.69) is 5.32 Å². The second kappa shape index (κ2) is 4.35. The third-order valence-electron chi connectivity index (χ3n) is 3.43. The normalized spacial score (nSPS) is 13.0. The molecule has 3 rings (SSSR count). The minimum atomic E-state index is -0.0564. The molecular weight excluding hydrogens is 238 g/mol. The van der Waals surface area contributed by atoms with Crippen molar-refractivity contribution < 1.29 is 9.59 Å². The Morgan fingerprint density at radius 2 is 1.84 bits per heavy atom. The van der Waals surface area contributed by atoms with Crippen molar-refractivity contribution in [1.29, 1.82) is 0 Å². The van der Waals surface area contributed by atoms with Crippen molar-refractivity contribution >= 4 is 17.4 Å². The quantitative estimate of drug-likeness (QED) is 0.834. The number of hydrogen-bond donors (Lipinski definition) is 1. The molecular formula is C16H13NO2. The lowest BCUT2D eigenvalue weighted by Gasteiger charge is -2.09. The van der Waals surface area contributed by atoms with E-state index in [1.807, 2.05) is 31.2 Å². The second-order valence-electron chi connectivity index (χ2n) is 4.70. The summed E-state index contributed by atoms with van der Waals surface area (Å²) in [5.74, 6) is -0.106. The first-order valence-electron chi connectivity index (χ1n) is 6.19. The van der Waals surface area contributed by atoms with Crippen molar-refractivity contribution in [3.05, 3.63) is 64.7 Å². The van der Waals surface area contributed by atoms with Crippen molar-refractivity contribution in [3.63, 3.8) is 0 Å². The first-order valence-corrected chi connectivity index (χ1v) is 6.19. The Balaban J connectivity index is 2.11.